The Hall–Kier alpha value is -2.51. The normalized spacial score (nSPS) is 15.1. The number of piperazine rings is 1. The van der Waals surface area contributed by atoms with Crippen LogP contribution < -0.4 is 16.2 Å². The van der Waals surface area contributed by atoms with Crippen LogP contribution in [0.25, 0.3) is 0 Å². The average Bonchev–Trinajstić information content (AvgIpc) is 2.68. The minimum Gasteiger partial charge on any atom is -0.353 e. The van der Waals surface area contributed by atoms with Gasteiger partial charge in [-0.2, -0.15) is 5.10 Å². The van der Waals surface area contributed by atoms with E-state index in [1.165, 1.54) is 5.56 Å². The molecule has 0 saturated carbocycles. The molecule has 2 aromatic rings. The molecule has 3 rings (SSSR count). The summed E-state index contributed by atoms with van der Waals surface area (Å²) in [5.41, 5.74) is 5.31. The lowest BCUT2D eigenvalue weighted by Crippen LogP contribution is -2.44. The quantitative estimate of drug-likeness (QED) is 0.447. The van der Waals surface area contributed by atoms with Crippen LogP contribution in [0.4, 0.5) is 5.82 Å². The number of hydrogen-bond donors (Lipinski definition) is 2. The van der Waals surface area contributed by atoms with Gasteiger partial charge in [0.1, 0.15) is 0 Å². The predicted octanol–water partition coefficient (Wildman–Crippen LogP) is 0.546. The van der Waals surface area contributed by atoms with Crippen molar-refractivity contribution in [2.24, 2.45) is 5.84 Å². The Balaban J connectivity index is 1.51. The first-order valence-corrected chi connectivity index (χ1v) is 8.97. The van der Waals surface area contributed by atoms with E-state index in [0.29, 0.717) is 6.42 Å². The molecule has 0 unspecified atom stereocenters. The molecule has 1 amide bonds. The molecule has 1 aliphatic rings. The highest BCUT2D eigenvalue weighted by atomic mass is 16.2. The van der Waals surface area contributed by atoms with E-state index in [0.717, 1.165) is 56.1 Å². The molecule has 7 nitrogen and oxygen atoms in total. The number of aryl methyl sites for hydroxylation is 2. The van der Waals surface area contributed by atoms with Gasteiger partial charge < -0.3 is 9.80 Å². The summed E-state index contributed by atoms with van der Waals surface area (Å²) in [6, 6.07) is 12.2. The number of nitrogens with zero attached hydrogens (tertiary/aromatic N) is 4. The van der Waals surface area contributed by atoms with Gasteiger partial charge in [-0.1, -0.05) is 24.3 Å². The van der Waals surface area contributed by atoms with Gasteiger partial charge in [0.05, 0.1) is 12.1 Å². The minimum atomic E-state index is -0.187. The summed E-state index contributed by atoms with van der Waals surface area (Å²) in [5.74, 6) is 5.88. The van der Waals surface area contributed by atoms with Gasteiger partial charge in [0, 0.05) is 26.2 Å². The van der Waals surface area contributed by atoms with Crippen molar-refractivity contribution in [1.82, 2.24) is 20.5 Å². The van der Waals surface area contributed by atoms with Gasteiger partial charge in [0.25, 0.3) is 0 Å². The Bertz CT molecular complexity index is 708. The molecule has 0 radical (unpaired) electrons. The number of nitrogens with one attached hydrogen (secondary N) is 1. The first kappa shape index (κ1) is 18.3. The van der Waals surface area contributed by atoms with Gasteiger partial charge in [0.15, 0.2) is 5.82 Å². The largest absolute Gasteiger partial charge is 0.353 e. The molecule has 2 heterocycles. The highest BCUT2D eigenvalue weighted by Gasteiger charge is 2.15. The Morgan fingerprint density at radius 1 is 1.00 bits per heavy atom. The van der Waals surface area contributed by atoms with E-state index >= 15 is 0 Å². The lowest BCUT2D eigenvalue weighted by atomic mass is 10.0. The zero-order valence-corrected chi connectivity index (χ0v) is 15.2. The predicted molar refractivity (Wildman–Crippen MR) is 102 cm³/mol. The average molecular weight is 354 g/mol. The van der Waals surface area contributed by atoms with Crippen molar-refractivity contribution in [3.05, 3.63) is 53.2 Å². The number of nitrogens with two attached hydrogens (primary N) is 1. The van der Waals surface area contributed by atoms with E-state index in [1.807, 2.05) is 24.3 Å². The van der Waals surface area contributed by atoms with Crippen LogP contribution in [-0.2, 0) is 24.1 Å². The molecule has 3 N–H and O–H groups in total. The lowest BCUT2D eigenvalue weighted by molar-refractivity contribution is -0.120. The molecule has 1 aromatic carbocycles. The third-order valence-electron chi connectivity index (χ3n) is 4.75. The zero-order valence-electron chi connectivity index (χ0n) is 15.2. The first-order chi connectivity index (χ1) is 12.6. The Kier molecular flexibility index (Phi) is 6.14. The molecule has 1 saturated heterocycles. The highest BCUT2D eigenvalue weighted by Crippen LogP contribution is 2.13. The van der Waals surface area contributed by atoms with Gasteiger partial charge in [-0.05, 0) is 43.1 Å². The molecule has 0 bridgehead atoms. The smallest absolute Gasteiger partial charge is 0.238 e. The van der Waals surface area contributed by atoms with E-state index in [1.54, 1.807) is 0 Å². The Morgan fingerprint density at radius 3 is 2.31 bits per heavy atom. The van der Waals surface area contributed by atoms with Gasteiger partial charge in [0.2, 0.25) is 5.91 Å². The zero-order chi connectivity index (χ0) is 18.4. The van der Waals surface area contributed by atoms with E-state index < -0.39 is 0 Å². The van der Waals surface area contributed by atoms with E-state index in [2.05, 4.69) is 44.6 Å². The third-order valence-corrected chi connectivity index (χ3v) is 4.75. The highest BCUT2D eigenvalue weighted by molar-refractivity contribution is 5.77. The van der Waals surface area contributed by atoms with Crippen molar-refractivity contribution in [2.75, 3.05) is 38.1 Å². The van der Waals surface area contributed by atoms with Crippen LogP contribution in [0.15, 0.2) is 36.4 Å². The van der Waals surface area contributed by atoms with Crippen LogP contribution in [0.3, 0.4) is 0 Å². The van der Waals surface area contributed by atoms with Crippen molar-refractivity contribution in [3.63, 3.8) is 0 Å². The number of hydrazine groups is 1. The SMILES string of the molecule is CN1CCN(c2ccc(CCc3ccc(CC(=O)NN)cc3)nn2)CC1. The van der Waals surface area contributed by atoms with Gasteiger partial charge >= 0.3 is 0 Å². The van der Waals surface area contributed by atoms with Crippen LogP contribution in [0, 0.1) is 0 Å². The molecular weight excluding hydrogens is 328 g/mol. The molecule has 1 fully saturated rings. The molecule has 7 heteroatoms. The second-order valence-electron chi connectivity index (χ2n) is 6.73. The molecule has 138 valence electrons. The summed E-state index contributed by atoms with van der Waals surface area (Å²) in [7, 11) is 2.14. The fourth-order valence-corrected chi connectivity index (χ4v) is 3.02. The standard InChI is InChI=1S/C19H26N6O/c1-24-10-12-25(13-11-24)18-9-8-17(22-23-18)7-6-15-2-4-16(5-3-15)14-19(26)21-20/h2-5,8-9H,6-7,10-14,20H2,1H3,(H,21,26). The number of amides is 1. The number of rotatable bonds is 6. The van der Waals surface area contributed by atoms with Gasteiger partial charge in [-0.3, -0.25) is 10.2 Å². The van der Waals surface area contributed by atoms with Crippen molar-refractivity contribution < 1.29 is 4.79 Å². The fourth-order valence-electron chi connectivity index (χ4n) is 3.02. The Morgan fingerprint density at radius 2 is 1.69 bits per heavy atom. The van der Waals surface area contributed by atoms with Crippen LogP contribution in [0.2, 0.25) is 0 Å². The minimum absolute atomic E-state index is 0.187. The molecule has 26 heavy (non-hydrogen) atoms. The number of carbonyl (C=O) groups is 1. The van der Waals surface area contributed by atoms with Crippen LogP contribution in [-0.4, -0.2) is 54.2 Å². The van der Waals surface area contributed by atoms with Crippen LogP contribution >= 0.6 is 0 Å². The summed E-state index contributed by atoms with van der Waals surface area (Å²) in [6.45, 7) is 4.12. The topological polar surface area (TPSA) is 87.4 Å². The van der Waals surface area contributed by atoms with Crippen molar-refractivity contribution >= 4 is 11.7 Å². The summed E-state index contributed by atoms with van der Waals surface area (Å²) in [6.07, 6.45) is 2.04. The number of likely N-dealkylation sites (N-methyl/N-ethyl adjacent to an activating group) is 1. The number of aromatic nitrogens is 2. The second-order valence-corrected chi connectivity index (χ2v) is 6.73. The molecule has 0 spiro atoms. The van der Waals surface area contributed by atoms with Gasteiger partial charge in [-0.15, -0.1) is 5.10 Å². The first-order valence-electron chi connectivity index (χ1n) is 8.97. The molecule has 0 aliphatic carbocycles. The Labute approximate surface area is 154 Å². The lowest BCUT2D eigenvalue weighted by Gasteiger charge is -2.32. The van der Waals surface area contributed by atoms with E-state index in [-0.39, 0.29) is 5.91 Å². The maximum atomic E-state index is 11.3. The summed E-state index contributed by atoms with van der Waals surface area (Å²) >= 11 is 0. The van der Waals surface area contributed by atoms with Crippen molar-refractivity contribution in [2.45, 2.75) is 19.3 Å². The maximum Gasteiger partial charge on any atom is 0.238 e. The maximum absolute atomic E-state index is 11.3. The van der Waals surface area contributed by atoms with E-state index in [9.17, 15) is 4.79 Å². The summed E-state index contributed by atoms with van der Waals surface area (Å²) < 4.78 is 0. The number of hydrogen-bond acceptors (Lipinski definition) is 6. The van der Waals surface area contributed by atoms with Crippen LogP contribution in [0.5, 0.6) is 0 Å². The van der Waals surface area contributed by atoms with Crippen molar-refractivity contribution in [3.8, 4) is 0 Å². The van der Waals surface area contributed by atoms with E-state index in [4.69, 9.17) is 5.84 Å². The van der Waals surface area contributed by atoms with Crippen LogP contribution in [0.1, 0.15) is 16.8 Å². The molecular formula is C19H26N6O. The molecule has 0 atom stereocenters. The summed E-state index contributed by atoms with van der Waals surface area (Å²) in [4.78, 5) is 15.9. The molecule has 1 aliphatic heterocycles. The third kappa shape index (κ3) is 5.00. The number of benzene rings is 1. The fraction of sp³-hybridized carbons (Fsp3) is 0.421. The van der Waals surface area contributed by atoms with Crippen molar-refractivity contribution in [1.29, 1.82) is 0 Å². The molecule has 1 aromatic heterocycles. The van der Waals surface area contributed by atoms with Gasteiger partial charge in [-0.25, -0.2) is 5.84 Å². The second kappa shape index (κ2) is 8.73. The monoisotopic (exact) mass is 354 g/mol. The summed E-state index contributed by atoms with van der Waals surface area (Å²) in [5, 5.41) is 8.78. The number of carbonyl (C=O) groups excluding carboxylic acids is 1. The number of anilines is 1.